The third kappa shape index (κ3) is 1.74. The fraction of sp³-hybridized carbons (Fsp3) is 0. The van der Waals surface area contributed by atoms with E-state index in [1.54, 1.807) is 6.07 Å². The summed E-state index contributed by atoms with van der Waals surface area (Å²) in [7, 11) is 0. The molecule has 0 N–H and O–H groups in total. The maximum atomic E-state index is 10.3. The molecule has 0 aliphatic heterocycles. The molecule has 0 radical (unpaired) electrons. The van der Waals surface area contributed by atoms with Gasteiger partial charge in [-0.1, -0.05) is 11.6 Å². The number of carbonyl (C=O) groups excluding carboxylic acids is 1. The molecule has 0 amide bonds. The SMILES string of the molecule is N#Cc1cc(Cl)cc(C(=O)[O-])c1. The summed E-state index contributed by atoms with van der Waals surface area (Å²) in [6.45, 7) is 0. The zero-order valence-electron chi connectivity index (χ0n) is 5.87. The third-order valence-electron chi connectivity index (χ3n) is 1.26. The molecule has 0 unspecified atom stereocenters. The van der Waals surface area contributed by atoms with Crippen molar-refractivity contribution in [3.05, 3.63) is 34.3 Å². The molecule has 0 bridgehead atoms. The van der Waals surface area contributed by atoms with E-state index in [-0.39, 0.29) is 16.1 Å². The van der Waals surface area contributed by atoms with Crippen molar-refractivity contribution >= 4 is 17.6 Å². The summed E-state index contributed by atoms with van der Waals surface area (Å²) >= 11 is 5.53. The van der Waals surface area contributed by atoms with Gasteiger partial charge in [0.15, 0.2) is 0 Å². The van der Waals surface area contributed by atoms with Gasteiger partial charge in [0.2, 0.25) is 0 Å². The fourth-order valence-corrected chi connectivity index (χ4v) is 1.01. The first-order chi connectivity index (χ1) is 5.63. The summed E-state index contributed by atoms with van der Waals surface area (Å²) in [5, 5.41) is 19.0. The lowest BCUT2D eigenvalue weighted by Gasteiger charge is -2.02. The Hall–Kier alpha value is -1.53. The first kappa shape index (κ1) is 8.57. The molecular weight excluding hydrogens is 178 g/mol. The number of aromatic carboxylic acids is 1. The van der Waals surface area contributed by atoms with E-state index in [9.17, 15) is 9.90 Å². The number of carboxylic acids is 1. The van der Waals surface area contributed by atoms with Crippen molar-refractivity contribution < 1.29 is 9.90 Å². The van der Waals surface area contributed by atoms with Crippen molar-refractivity contribution in [2.75, 3.05) is 0 Å². The second-order valence-electron chi connectivity index (χ2n) is 2.13. The normalized spacial score (nSPS) is 9.00. The number of hydrogen-bond donors (Lipinski definition) is 0. The Morgan fingerprint density at radius 3 is 2.67 bits per heavy atom. The van der Waals surface area contributed by atoms with Crippen molar-refractivity contribution in [2.45, 2.75) is 0 Å². The summed E-state index contributed by atoms with van der Waals surface area (Å²) in [5.41, 5.74) is 0.126. The molecule has 0 aliphatic carbocycles. The topological polar surface area (TPSA) is 63.9 Å². The van der Waals surface area contributed by atoms with Crippen LogP contribution in [0.1, 0.15) is 15.9 Å². The number of nitriles is 1. The molecule has 4 heteroatoms. The minimum absolute atomic E-state index is 0.0842. The van der Waals surface area contributed by atoms with Crippen LogP contribution >= 0.6 is 11.6 Å². The van der Waals surface area contributed by atoms with Crippen molar-refractivity contribution in [1.29, 1.82) is 5.26 Å². The van der Waals surface area contributed by atoms with Gasteiger partial charge >= 0.3 is 0 Å². The van der Waals surface area contributed by atoms with Crippen LogP contribution in [0.4, 0.5) is 0 Å². The van der Waals surface area contributed by atoms with Gasteiger partial charge in [0.25, 0.3) is 0 Å². The Balaban J connectivity index is 3.26. The highest BCUT2D eigenvalue weighted by molar-refractivity contribution is 6.31. The smallest absolute Gasteiger partial charge is 0.0992 e. The molecule has 1 aromatic rings. The lowest BCUT2D eigenvalue weighted by Crippen LogP contribution is -2.22. The molecule has 12 heavy (non-hydrogen) atoms. The van der Waals surface area contributed by atoms with Gasteiger partial charge in [-0.25, -0.2) is 0 Å². The van der Waals surface area contributed by atoms with E-state index in [0.29, 0.717) is 0 Å². The van der Waals surface area contributed by atoms with Crippen LogP contribution in [-0.4, -0.2) is 5.97 Å². The second-order valence-corrected chi connectivity index (χ2v) is 2.56. The van der Waals surface area contributed by atoms with E-state index in [1.807, 2.05) is 0 Å². The highest BCUT2D eigenvalue weighted by atomic mass is 35.5. The van der Waals surface area contributed by atoms with E-state index in [4.69, 9.17) is 16.9 Å². The van der Waals surface area contributed by atoms with Crippen LogP contribution in [0.3, 0.4) is 0 Å². The molecule has 0 aliphatic rings. The van der Waals surface area contributed by atoms with Gasteiger partial charge in [-0.15, -0.1) is 0 Å². The van der Waals surface area contributed by atoms with E-state index < -0.39 is 5.97 Å². The van der Waals surface area contributed by atoms with Crippen LogP contribution in [0.15, 0.2) is 18.2 Å². The van der Waals surface area contributed by atoms with Gasteiger partial charge in [-0.05, 0) is 23.8 Å². The van der Waals surface area contributed by atoms with Gasteiger partial charge in [0.05, 0.1) is 17.6 Å². The summed E-state index contributed by atoms with van der Waals surface area (Å²) in [4.78, 5) is 10.3. The average molecular weight is 181 g/mol. The minimum Gasteiger partial charge on any atom is -0.545 e. The van der Waals surface area contributed by atoms with Crippen LogP contribution in [0.5, 0.6) is 0 Å². The van der Waals surface area contributed by atoms with Gasteiger partial charge in [0, 0.05) is 5.02 Å². The average Bonchev–Trinajstić information content (AvgIpc) is 2.03. The Labute approximate surface area is 73.8 Å². The molecule has 1 aromatic carbocycles. The fourth-order valence-electron chi connectivity index (χ4n) is 0.772. The maximum absolute atomic E-state index is 10.3. The molecule has 0 aromatic heterocycles. The van der Waals surface area contributed by atoms with E-state index in [1.165, 1.54) is 18.2 Å². The minimum atomic E-state index is -1.34. The Kier molecular flexibility index (Phi) is 2.32. The van der Waals surface area contributed by atoms with Crippen molar-refractivity contribution in [3.8, 4) is 6.07 Å². The zero-order valence-corrected chi connectivity index (χ0v) is 6.63. The molecule has 0 spiro atoms. The number of halogens is 1. The molecule has 0 atom stereocenters. The standard InChI is InChI=1S/C8H4ClNO2/c9-7-2-5(4-10)1-6(3-7)8(11)12/h1-3H,(H,11,12)/p-1. The highest BCUT2D eigenvalue weighted by Crippen LogP contribution is 2.13. The second kappa shape index (κ2) is 3.24. The number of rotatable bonds is 1. The van der Waals surface area contributed by atoms with E-state index in [2.05, 4.69) is 0 Å². The molecule has 60 valence electrons. The van der Waals surface area contributed by atoms with Gasteiger partial charge in [-0.3, -0.25) is 0 Å². The molecule has 3 nitrogen and oxygen atoms in total. The van der Waals surface area contributed by atoms with Crippen LogP contribution < -0.4 is 5.11 Å². The quantitative estimate of drug-likeness (QED) is 0.635. The monoisotopic (exact) mass is 180 g/mol. The van der Waals surface area contributed by atoms with Crippen LogP contribution in [0.2, 0.25) is 5.02 Å². The summed E-state index contributed by atoms with van der Waals surface area (Å²) in [6, 6.07) is 5.61. The van der Waals surface area contributed by atoms with Gasteiger partial charge in [-0.2, -0.15) is 5.26 Å². The Morgan fingerprint density at radius 1 is 1.50 bits per heavy atom. The summed E-state index contributed by atoms with van der Waals surface area (Å²) in [6.07, 6.45) is 0. The summed E-state index contributed by atoms with van der Waals surface area (Å²) < 4.78 is 0. The number of carboxylic acid groups (broad SMARTS) is 1. The highest BCUT2D eigenvalue weighted by Gasteiger charge is 1.98. The molecule has 0 fully saturated rings. The molecule has 0 saturated carbocycles. The van der Waals surface area contributed by atoms with Crippen LogP contribution in [0.25, 0.3) is 0 Å². The third-order valence-corrected chi connectivity index (χ3v) is 1.48. The van der Waals surface area contributed by atoms with E-state index in [0.717, 1.165) is 0 Å². The molecular formula is C8H3ClNO2-. The first-order valence-corrected chi connectivity index (χ1v) is 3.43. The number of hydrogen-bond acceptors (Lipinski definition) is 3. The lowest BCUT2D eigenvalue weighted by atomic mass is 10.1. The molecule has 0 heterocycles. The van der Waals surface area contributed by atoms with Crippen molar-refractivity contribution in [2.24, 2.45) is 0 Å². The largest absolute Gasteiger partial charge is 0.545 e. The molecule has 0 saturated heterocycles. The maximum Gasteiger partial charge on any atom is 0.0992 e. The van der Waals surface area contributed by atoms with E-state index >= 15 is 0 Å². The van der Waals surface area contributed by atoms with Crippen molar-refractivity contribution in [1.82, 2.24) is 0 Å². The van der Waals surface area contributed by atoms with Crippen LogP contribution in [0, 0.1) is 11.3 Å². The predicted molar refractivity (Wildman–Crippen MR) is 40.5 cm³/mol. The Morgan fingerprint density at radius 2 is 2.17 bits per heavy atom. The predicted octanol–water partition coefficient (Wildman–Crippen LogP) is 0.575. The van der Waals surface area contributed by atoms with Crippen LogP contribution in [-0.2, 0) is 0 Å². The van der Waals surface area contributed by atoms with Crippen molar-refractivity contribution in [3.63, 3.8) is 0 Å². The number of nitrogens with zero attached hydrogens (tertiary/aromatic N) is 1. The number of carbonyl (C=O) groups is 1. The lowest BCUT2D eigenvalue weighted by molar-refractivity contribution is -0.255. The first-order valence-electron chi connectivity index (χ1n) is 3.05. The Bertz CT molecular complexity index is 368. The number of benzene rings is 1. The summed E-state index contributed by atoms with van der Waals surface area (Å²) in [5.74, 6) is -1.34. The van der Waals surface area contributed by atoms with Gasteiger partial charge < -0.3 is 9.90 Å². The molecule has 1 rings (SSSR count). The van der Waals surface area contributed by atoms with Gasteiger partial charge in [0.1, 0.15) is 0 Å². The zero-order chi connectivity index (χ0) is 9.14.